The van der Waals surface area contributed by atoms with Crippen LogP contribution >= 0.6 is 0 Å². The van der Waals surface area contributed by atoms with Crippen molar-refractivity contribution in [2.45, 2.75) is 53.2 Å². The largest absolute Gasteiger partial charge is 0.449 e. The van der Waals surface area contributed by atoms with Crippen LogP contribution in [0, 0.1) is 13.8 Å². The second-order valence-electron chi connectivity index (χ2n) is 6.03. The number of amides is 1. The summed E-state index contributed by atoms with van der Waals surface area (Å²) in [4.78, 5) is 24.0. The number of rotatable bonds is 3. The molecule has 0 aliphatic carbocycles. The summed E-state index contributed by atoms with van der Waals surface area (Å²) in [6, 6.07) is 5.44. The van der Waals surface area contributed by atoms with Gasteiger partial charge in [0.1, 0.15) is 0 Å². The molecule has 20 heavy (non-hydrogen) atoms. The summed E-state index contributed by atoms with van der Waals surface area (Å²) in [6.07, 6.45) is -0.818. The lowest BCUT2D eigenvalue weighted by molar-refractivity contribution is -0.130. The number of aryl methyl sites for hydroxylation is 1. The molecule has 1 amide bonds. The summed E-state index contributed by atoms with van der Waals surface area (Å²) in [7, 11) is 0. The maximum atomic E-state index is 12.1. The minimum Gasteiger partial charge on any atom is -0.449 e. The van der Waals surface area contributed by atoms with Crippen molar-refractivity contribution in [1.29, 1.82) is 0 Å². The molecule has 0 aliphatic heterocycles. The van der Waals surface area contributed by atoms with Crippen molar-refractivity contribution in [2.75, 3.05) is 0 Å². The highest BCUT2D eigenvalue weighted by Crippen LogP contribution is 2.14. The van der Waals surface area contributed by atoms with Gasteiger partial charge in [0.2, 0.25) is 0 Å². The van der Waals surface area contributed by atoms with E-state index in [1.165, 1.54) is 0 Å². The zero-order valence-corrected chi connectivity index (χ0v) is 13.0. The van der Waals surface area contributed by atoms with Gasteiger partial charge in [0.05, 0.1) is 5.56 Å². The quantitative estimate of drug-likeness (QED) is 0.864. The number of ether oxygens (including phenoxy) is 1. The fourth-order valence-corrected chi connectivity index (χ4v) is 1.72. The maximum absolute atomic E-state index is 12.1. The molecule has 1 atom stereocenters. The lowest BCUT2D eigenvalue weighted by Gasteiger charge is -2.23. The van der Waals surface area contributed by atoms with E-state index in [0.717, 1.165) is 11.1 Å². The smallest absolute Gasteiger partial charge is 0.339 e. The summed E-state index contributed by atoms with van der Waals surface area (Å²) >= 11 is 0. The molecule has 110 valence electrons. The summed E-state index contributed by atoms with van der Waals surface area (Å²) < 4.78 is 5.23. The van der Waals surface area contributed by atoms with Crippen molar-refractivity contribution in [1.82, 2.24) is 5.32 Å². The van der Waals surface area contributed by atoms with Gasteiger partial charge < -0.3 is 10.1 Å². The van der Waals surface area contributed by atoms with Crippen molar-refractivity contribution in [2.24, 2.45) is 0 Å². The second-order valence-corrected chi connectivity index (χ2v) is 6.03. The number of benzene rings is 1. The van der Waals surface area contributed by atoms with Crippen LogP contribution in [0.15, 0.2) is 18.2 Å². The van der Waals surface area contributed by atoms with E-state index < -0.39 is 12.1 Å². The zero-order valence-electron chi connectivity index (χ0n) is 13.0. The number of hydrogen-bond acceptors (Lipinski definition) is 3. The topological polar surface area (TPSA) is 55.4 Å². The molecule has 0 unspecified atom stereocenters. The van der Waals surface area contributed by atoms with Gasteiger partial charge in [0, 0.05) is 5.54 Å². The zero-order chi connectivity index (χ0) is 15.5. The van der Waals surface area contributed by atoms with Crippen molar-refractivity contribution in [3.8, 4) is 0 Å². The molecule has 0 saturated carbocycles. The van der Waals surface area contributed by atoms with Crippen LogP contribution in [0.25, 0.3) is 0 Å². The molecule has 4 heteroatoms. The number of nitrogens with one attached hydrogen (secondary N) is 1. The molecule has 0 spiro atoms. The first-order chi connectivity index (χ1) is 9.11. The van der Waals surface area contributed by atoms with E-state index >= 15 is 0 Å². The highest BCUT2D eigenvalue weighted by atomic mass is 16.5. The van der Waals surface area contributed by atoms with Crippen LogP contribution in [0.4, 0.5) is 0 Å². The monoisotopic (exact) mass is 277 g/mol. The van der Waals surface area contributed by atoms with Crippen LogP contribution in [0.1, 0.15) is 49.2 Å². The molecule has 4 nitrogen and oxygen atoms in total. The Morgan fingerprint density at radius 1 is 1.20 bits per heavy atom. The maximum Gasteiger partial charge on any atom is 0.339 e. The Kier molecular flexibility index (Phi) is 4.93. The van der Waals surface area contributed by atoms with Crippen molar-refractivity contribution < 1.29 is 14.3 Å². The Balaban J connectivity index is 2.76. The molecular weight excluding hydrogens is 254 g/mol. The molecular formula is C16H23NO3. The third kappa shape index (κ3) is 4.37. The van der Waals surface area contributed by atoms with Gasteiger partial charge in [-0.1, -0.05) is 12.1 Å². The van der Waals surface area contributed by atoms with Crippen molar-refractivity contribution >= 4 is 11.9 Å². The average molecular weight is 277 g/mol. The molecule has 0 aliphatic rings. The van der Waals surface area contributed by atoms with Crippen LogP contribution in [0.3, 0.4) is 0 Å². The molecule has 0 aromatic heterocycles. The number of esters is 1. The molecule has 1 aromatic carbocycles. The van der Waals surface area contributed by atoms with Gasteiger partial charge in [-0.2, -0.15) is 0 Å². The van der Waals surface area contributed by atoms with Crippen LogP contribution in [-0.4, -0.2) is 23.5 Å². The third-order valence-electron chi connectivity index (χ3n) is 2.98. The van der Waals surface area contributed by atoms with E-state index in [1.807, 2.05) is 40.7 Å². The predicted octanol–water partition coefficient (Wildman–Crippen LogP) is 2.76. The predicted molar refractivity (Wildman–Crippen MR) is 78.7 cm³/mol. The number of hydrogen-bond donors (Lipinski definition) is 1. The lowest BCUT2D eigenvalue weighted by atomic mass is 10.0. The average Bonchev–Trinajstić information content (AvgIpc) is 2.30. The van der Waals surface area contributed by atoms with Gasteiger partial charge in [-0.3, -0.25) is 4.79 Å². The first-order valence-corrected chi connectivity index (χ1v) is 6.71. The van der Waals surface area contributed by atoms with Gasteiger partial charge in [0.25, 0.3) is 5.91 Å². The summed E-state index contributed by atoms with van der Waals surface area (Å²) in [6.45, 7) is 11.0. The Bertz CT molecular complexity index is 515. The fraction of sp³-hybridized carbons (Fsp3) is 0.500. The highest BCUT2D eigenvalue weighted by molar-refractivity contribution is 5.93. The molecule has 0 bridgehead atoms. The summed E-state index contributed by atoms with van der Waals surface area (Å²) in [5, 5.41) is 2.79. The molecule has 0 fully saturated rings. The van der Waals surface area contributed by atoms with E-state index in [1.54, 1.807) is 19.1 Å². The minimum absolute atomic E-state index is 0.295. The second kappa shape index (κ2) is 6.07. The van der Waals surface area contributed by atoms with E-state index in [9.17, 15) is 9.59 Å². The van der Waals surface area contributed by atoms with Crippen molar-refractivity contribution in [3.63, 3.8) is 0 Å². The minimum atomic E-state index is -0.818. The lowest BCUT2D eigenvalue weighted by Crippen LogP contribution is -2.46. The molecule has 1 rings (SSSR count). The Labute approximate surface area is 120 Å². The Morgan fingerprint density at radius 2 is 1.80 bits per heavy atom. The highest BCUT2D eigenvalue weighted by Gasteiger charge is 2.23. The van der Waals surface area contributed by atoms with Crippen LogP contribution < -0.4 is 5.32 Å². The number of carbonyl (C=O) groups is 2. The molecule has 1 aromatic rings. The normalized spacial score (nSPS) is 12.7. The van der Waals surface area contributed by atoms with E-state index in [-0.39, 0.29) is 11.4 Å². The Hall–Kier alpha value is -1.84. The van der Waals surface area contributed by atoms with Crippen molar-refractivity contribution in [3.05, 3.63) is 34.9 Å². The van der Waals surface area contributed by atoms with Gasteiger partial charge in [-0.05, 0) is 58.7 Å². The van der Waals surface area contributed by atoms with Crippen LogP contribution in [-0.2, 0) is 9.53 Å². The SMILES string of the molecule is Cc1cccc(C(=O)O[C@@H](C)C(=O)NC(C)(C)C)c1C. The van der Waals surface area contributed by atoms with Crippen LogP contribution in [0.2, 0.25) is 0 Å². The van der Waals surface area contributed by atoms with E-state index in [4.69, 9.17) is 4.74 Å². The first-order valence-electron chi connectivity index (χ1n) is 6.71. The standard InChI is InChI=1S/C16H23NO3/c1-10-8-7-9-13(11(10)2)15(19)20-12(3)14(18)17-16(4,5)6/h7-9,12H,1-6H3,(H,17,18)/t12-/m0/s1. The summed E-state index contributed by atoms with van der Waals surface area (Å²) in [5.74, 6) is -0.765. The van der Waals surface area contributed by atoms with Gasteiger partial charge in [-0.25, -0.2) is 4.79 Å². The van der Waals surface area contributed by atoms with Crippen LogP contribution in [0.5, 0.6) is 0 Å². The molecule has 0 radical (unpaired) electrons. The third-order valence-corrected chi connectivity index (χ3v) is 2.98. The fourth-order valence-electron chi connectivity index (χ4n) is 1.72. The number of carbonyl (C=O) groups excluding carboxylic acids is 2. The van der Waals surface area contributed by atoms with E-state index in [2.05, 4.69) is 5.32 Å². The van der Waals surface area contributed by atoms with E-state index in [0.29, 0.717) is 5.56 Å². The summed E-state index contributed by atoms with van der Waals surface area (Å²) in [5.41, 5.74) is 2.05. The molecule has 1 N–H and O–H groups in total. The first kappa shape index (κ1) is 16.2. The van der Waals surface area contributed by atoms with Gasteiger partial charge in [-0.15, -0.1) is 0 Å². The molecule has 0 saturated heterocycles. The van der Waals surface area contributed by atoms with Gasteiger partial charge >= 0.3 is 5.97 Å². The Morgan fingerprint density at radius 3 is 2.35 bits per heavy atom. The molecule has 0 heterocycles. The van der Waals surface area contributed by atoms with Gasteiger partial charge in [0.15, 0.2) is 6.10 Å².